The molecule has 0 amide bonds. The lowest BCUT2D eigenvalue weighted by molar-refractivity contribution is -0.145. The van der Waals surface area contributed by atoms with E-state index in [-0.39, 0.29) is 25.4 Å². The highest BCUT2D eigenvalue weighted by atomic mass is 16.6. The maximum atomic E-state index is 11.8. The molecule has 204 valence electrons. The molecule has 1 saturated carbocycles. The van der Waals surface area contributed by atoms with Crippen LogP contribution < -0.4 is 9.47 Å². The van der Waals surface area contributed by atoms with Crippen LogP contribution >= 0.6 is 0 Å². The molecular formula is C32H40O6. The largest absolute Gasteiger partial charge is 0.489 e. The summed E-state index contributed by atoms with van der Waals surface area (Å²) >= 11 is 0. The first kappa shape index (κ1) is 27.7. The molecule has 5 unspecified atom stereocenters. The number of hydrogen-bond donors (Lipinski definition) is 0. The van der Waals surface area contributed by atoms with Gasteiger partial charge >= 0.3 is 11.9 Å². The van der Waals surface area contributed by atoms with E-state index < -0.39 is 11.9 Å². The van der Waals surface area contributed by atoms with Gasteiger partial charge in [-0.15, -0.1) is 0 Å². The van der Waals surface area contributed by atoms with E-state index in [4.69, 9.17) is 18.9 Å². The van der Waals surface area contributed by atoms with Crippen LogP contribution in [0.5, 0.6) is 11.5 Å². The maximum absolute atomic E-state index is 11.8. The summed E-state index contributed by atoms with van der Waals surface area (Å²) in [5, 5.41) is 2.01. The monoisotopic (exact) mass is 520 g/mol. The van der Waals surface area contributed by atoms with Crippen molar-refractivity contribution in [2.45, 2.75) is 83.8 Å². The average molecular weight is 521 g/mol. The number of carbonyl (C=O) groups excluding carboxylic acids is 2. The minimum atomic E-state index is -0.442. The van der Waals surface area contributed by atoms with Crippen molar-refractivity contribution in [2.75, 3.05) is 13.2 Å². The number of esters is 2. The molecule has 2 aliphatic rings. The minimum Gasteiger partial charge on any atom is -0.489 e. The van der Waals surface area contributed by atoms with E-state index >= 15 is 0 Å². The molecule has 2 aliphatic carbocycles. The van der Waals surface area contributed by atoms with Crippen molar-refractivity contribution in [3.63, 3.8) is 0 Å². The lowest BCUT2D eigenvalue weighted by atomic mass is 9.81. The highest BCUT2D eigenvalue weighted by molar-refractivity contribution is 5.97. The number of aryl methyl sites for hydroxylation is 1. The third-order valence-corrected chi connectivity index (χ3v) is 8.06. The minimum absolute atomic E-state index is 0.272. The van der Waals surface area contributed by atoms with Crippen LogP contribution in [0, 0.1) is 5.92 Å². The van der Waals surface area contributed by atoms with Crippen LogP contribution in [0.4, 0.5) is 0 Å². The van der Waals surface area contributed by atoms with Gasteiger partial charge in [-0.05, 0) is 61.5 Å². The zero-order valence-corrected chi connectivity index (χ0v) is 23.1. The first-order valence-corrected chi connectivity index (χ1v) is 13.9. The predicted octanol–water partition coefficient (Wildman–Crippen LogP) is 6.79. The molecule has 0 saturated heterocycles. The quantitative estimate of drug-likeness (QED) is 0.214. The summed E-state index contributed by atoms with van der Waals surface area (Å²) in [5.74, 6) is 2.21. The molecule has 0 heterocycles. The summed E-state index contributed by atoms with van der Waals surface area (Å²) < 4.78 is 24.1. The molecule has 2 aromatic carbocycles. The lowest BCUT2D eigenvalue weighted by Gasteiger charge is -2.29. The average Bonchev–Trinajstić information content (AvgIpc) is 3.50. The van der Waals surface area contributed by atoms with E-state index in [1.807, 2.05) is 13.8 Å². The Bertz CT molecular complexity index is 1210. The molecule has 1 fully saturated rings. The summed E-state index contributed by atoms with van der Waals surface area (Å²) in [6.45, 7) is 16.0. The molecule has 0 spiro atoms. The van der Waals surface area contributed by atoms with Crippen LogP contribution in [0.2, 0.25) is 0 Å². The first-order chi connectivity index (χ1) is 18.3. The molecule has 6 nitrogen and oxygen atoms in total. The zero-order valence-electron chi connectivity index (χ0n) is 23.1. The first-order valence-electron chi connectivity index (χ1n) is 13.9. The van der Waals surface area contributed by atoms with Gasteiger partial charge in [-0.25, -0.2) is 9.59 Å². The normalized spacial score (nSPS) is 20.9. The molecule has 5 atom stereocenters. The van der Waals surface area contributed by atoms with Crippen LogP contribution in [0.1, 0.15) is 81.9 Å². The Morgan fingerprint density at radius 2 is 1.47 bits per heavy atom. The summed E-state index contributed by atoms with van der Waals surface area (Å²) in [4.78, 5) is 23.7. The Labute approximate surface area is 226 Å². The molecule has 0 aliphatic heterocycles. The van der Waals surface area contributed by atoms with E-state index in [0.717, 1.165) is 41.5 Å². The van der Waals surface area contributed by atoms with E-state index in [9.17, 15) is 9.59 Å². The van der Waals surface area contributed by atoms with Gasteiger partial charge in [-0.3, -0.25) is 0 Å². The molecule has 2 bridgehead atoms. The molecule has 0 aromatic heterocycles. The lowest BCUT2D eigenvalue weighted by Crippen LogP contribution is -2.25. The van der Waals surface area contributed by atoms with Gasteiger partial charge in [0.25, 0.3) is 0 Å². The van der Waals surface area contributed by atoms with Gasteiger partial charge in [0.2, 0.25) is 0 Å². The van der Waals surface area contributed by atoms with Crippen LogP contribution in [0.3, 0.4) is 0 Å². The summed E-state index contributed by atoms with van der Waals surface area (Å²) in [5.41, 5.74) is 3.66. The second-order valence-corrected chi connectivity index (χ2v) is 10.4. The summed E-state index contributed by atoms with van der Waals surface area (Å²) in [6, 6.07) is 6.45. The number of fused-ring (bicyclic) bond motifs is 6. The van der Waals surface area contributed by atoms with Crippen molar-refractivity contribution in [3.8, 4) is 11.5 Å². The fourth-order valence-electron chi connectivity index (χ4n) is 5.95. The number of carbonyl (C=O) groups is 2. The highest BCUT2D eigenvalue weighted by Gasteiger charge is 2.46. The third kappa shape index (κ3) is 5.45. The Balaban J connectivity index is 1.78. The van der Waals surface area contributed by atoms with Crippen molar-refractivity contribution in [1.82, 2.24) is 0 Å². The van der Waals surface area contributed by atoms with Gasteiger partial charge in [-0.2, -0.15) is 0 Å². The zero-order chi connectivity index (χ0) is 27.4. The topological polar surface area (TPSA) is 71.1 Å². The molecule has 38 heavy (non-hydrogen) atoms. The number of ether oxygens (including phenoxy) is 4. The molecule has 4 rings (SSSR count). The predicted molar refractivity (Wildman–Crippen MR) is 149 cm³/mol. The van der Waals surface area contributed by atoms with Crippen LogP contribution in [0.25, 0.3) is 10.8 Å². The smallest absolute Gasteiger partial charge is 0.330 e. The van der Waals surface area contributed by atoms with E-state index in [0.29, 0.717) is 30.6 Å². The molecule has 0 radical (unpaired) electrons. The number of hydrogen-bond acceptors (Lipinski definition) is 6. The molecular weight excluding hydrogens is 480 g/mol. The van der Waals surface area contributed by atoms with Crippen molar-refractivity contribution in [3.05, 3.63) is 60.2 Å². The third-order valence-electron chi connectivity index (χ3n) is 8.06. The second kappa shape index (κ2) is 12.1. The van der Waals surface area contributed by atoms with Crippen molar-refractivity contribution >= 4 is 22.7 Å². The van der Waals surface area contributed by atoms with Crippen LogP contribution in [-0.4, -0.2) is 37.4 Å². The van der Waals surface area contributed by atoms with E-state index in [1.165, 1.54) is 28.8 Å². The summed E-state index contributed by atoms with van der Waals surface area (Å²) in [7, 11) is 0. The molecule has 6 heteroatoms. The number of benzene rings is 2. The standard InChI is InChI=1S/C32H40O6/c1-7-20-12-13-24-26(15-20)32(36-18-23(9-3)38-28(34)11-5)29-21-14-19(6)25(16-21)30(29)31(24)35-17-22(8-2)37-27(33)10-4/h10-13,15,19,21-23,25H,4-5,7-9,14,16-18H2,1-3,6H3. The summed E-state index contributed by atoms with van der Waals surface area (Å²) in [6.07, 6.45) is 6.02. The Kier molecular flexibility index (Phi) is 8.80. The Hall–Kier alpha value is -3.28. The Morgan fingerprint density at radius 1 is 0.895 bits per heavy atom. The van der Waals surface area contributed by atoms with Crippen molar-refractivity contribution in [2.24, 2.45) is 5.92 Å². The molecule has 0 N–H and O–H groups in total. The number of rotatable bonds is 13. The highest BCUT2D eigenvalue weighted by Crippen LogP contribution is 2.63. The molecule has 2 aromatic rings. The van der Waals surface area contributed by atoms with Crippen LogP contribution in [-0.2, 0) is 25.5 Å². The van der Waals surface area contributed by atoms with E-state index in [1.54, 1.807) is 0 Å². The maximum Gasteiger partial charge on any atom is 0.330 e. The van der Waals surface area contributed by atoms with Gasteiger partial charge in [0.15, 0.2) is 0 Å². The van der Waals surface area contributed by atoms with Gasteiger partial charge in [0.05, 0.1) is 0 Å². The second-order valence-electron chi connectivity index (χ2n) is 10.4. The Morgan fingerprint density at radius 3 is 2.00 bits per heavy atom. The fraction of sp³-hybridized carbons (Fsp3) is 0.500. The fourth-order valence-corrected chi connectivity index (χ4v) is 5.95. The van der Waals surface area contributed by atoms with Gasteiger partial charge < -0.3 is 18.9 Å². The van der Waals surface area contributed by atoms with Crippen molar-refractivity contribution < 1.29 is 28.5 Å². The van der Waals surface area contributed by atoms with Gasteiger partial charge in [0.1, 0.15) is 36.9 Å². The van der Waals surface area contributed by atoms with Crippen molar-refractivity contribution in [1.29, 1.82) is 0 Å². The van der Waals surface area contributed by atoms with Gasteiger partial charge in [0, 0.05) is 34.1 Å². The SMILES string of the molecule is C=CC(=O)OC(CC)COc1c2c(c(OCC(CC)OC(=O)C=C)c3ccc(CC)cc13)C1CC2CC1C. The van der Waals surface area contributed by atoms with E-state index in [2.05, 4.69) is 45.2 Å². The van der Waals surface area contributed by atoms with Gasteiger partial charge in [-0.1, -0.05) is 53.0 Å². The van der Waals surface area contributed by atoms with Crippen LogP contribution in [0.15, 0.2) is 43.5 Å².